The number of benzene rings is 2. The summed E-state index contributed by atoms with van der Waals surface area (Å²) in [6, 6.07) is 20.1. The second-order valence-corrected chi connectivity index (χ2v) is 6.07. The van der Waals surface area contributed by atoms with Gasteiger partial charge in [0.1, 0.15) is 0 Å². The maximum Gasteiger partial charge on any atom is 0.0389 e. The number of nitrogens with one attached hydrogen (secondary N) is 1. The van der Waals surface area contributed by atoms with E-state index >= 15 is 0 Å². The van der Waals surface area contributed by atoms with E-state index in [1.165, 1.54) is 36.2 Å². The average Bonchev–Trinajstić information content (AvgIpc) is 2.51. The zero-order valence-electron chi connectivity index (χ0n) is 12.8. The summed E-state index contributed by atoms with van der Waals surface area (Å²) in [7, 11) is 0. The molecule has 1 aliphatic heterocycles. The molecule has 0 radical (unpaired) electrons. The molecule has 0 amide bonds. The molecule has 0 saturated carbocycles. The van der Waals surface area contributed by atoms with E-state index in [0.29, 0.717) is 6.04 Å². The third-order valence-electron chi connectivity index (χ3n) is 4.18. The number of rotatable bonds is 4. The summed E-state index contributed by atoms with van der Waals surface area (Å²) in [5, 5.41) is 3.68. The van der Waals surface area contributed by atoms with Crippen molar-refractivity contribution in [1.29, 1.82) is 0 Å². The van der Waals surface area contributed by atoms with Gasteiger partial charge >= 0.3 is 0 Å². The minimum atomic E-state index is 0.560. The minimum absolute atomic E-state index is 0.560. The van der Waals surface area contributed by atoms with Gasteiger partial charge in [0.05, 0.1) is 0 Å². The first-order valence-corrected chi connectivity index (χ1v) is 7.89. The molecule has 1 fully saturated rings. The van der Waals surface area contributed by atoms with Gasteiger partial charge in [-0.15, -0.1) is 0 Å². The van der Waals surface area contributed by atoms with Crippen molar-refractivity contribution in [2.24, 2.45) is 0 Å². The Morgan fingerprint density at radius 3 is 2.57 bits per heavy atom. The van der Waals surface area contributed by atoms with Crippen molar-refractivity contribution in [2.45, 2.75) is 32.4 Å². The van der Waals surface area contributed by atoms with E-state index in [-0.39, 0.29) is 0 Å². The lowest BCUT2D eigenvalue weighted by Gasteiger charge is -2.33. The second kappa shape index (κ2) is 6.77. The molecule has 1 aliphatic rings. The average molecular weight is 280 g/mol. The third-order valence-corrected chi connectivity index (χ3v) is 4.18. The largest absolute Gasteiger partial charge is 0.381 e. The lowest BCUT2D eigenvalue weighted by molar-refractivity contribution is 0.208. The van der Waals surface area contributed by atoms with E-state index in [1.54, 1.807) is 0 Å². The van der Waals surface area contributed by atoms with Crippen LogP contribution in [-0.2, 0) is 6.54 Å². The van der Waals surface area contributed by atoms with Gasteiger partial charge in [-0.1, -0.05) is 48.0 Å². The number of likely N-dealkylation sites (tertiary alicyclic amines) is 1. The highest BCUT2D eigenvalue weighted by Gasteiger charge is 2.19. The smallest absolute Gasteiger partial charge is 0.0389 e. The molecule has 110 valence electrons. The van der Waals surface area contributed by atoms with Crippen LogP contribution in [0.2, 0.25) is 0 Å². The molecule has 0 aliphatic carbocycles. The monoisotopic (exact) mass is 280 g/mol. The summed E-state index contributed by atoms with van der Waals surface area (Å²) in [5.41, 5.74) is 3.97. The van der Waals surface area contributed by atoms with Gasteiger partial charge in [-0.25, -0.2) is 0 Å². The zero-order chi connectivity index (χ0) is 14.5. The highest BCUT2D eigenvalue weighted by Crippen LogP contribution is 2.18. The van der Waals surface area contributed by atoms with Crippen molar-refractivity contribution >= 4 is 5.69 Å². The minimum Gasteiger partial charge on any atom is -0.381 e. The number of hydrogen-bond donors (Lipinski definition) is 1. The highest BCUT2D eigenvalue weighted by molar-refractivity contribution is 5.45. The molecule has 2 aromatic carbocycles. The van der Waals surface area contributed by atoms with Crippen LogP contribution >= 0.6 is 0 Å². The molecule has 1 unspecified atom stereocenters. The van der Waals surface area contributed by atoms with Crippen LogP contribution in [0.3, 0.4) is 0 Å². The van der Waals surface area contributed by atoms with Crippen LogP contribution in [0.4, 0.5) is 5.69 Å². The van der Waals surface area contributed by atoms with Gasteiger partial charge in [-0.2, -0.15) is 0 Å². The van der Waals surface area contributed by atoms with Crippen LogP contribution < -0.4 is 5.32 Å². The first kappa shape index (κ1) is 14.2. The lowest BCUT2D eigenvalue weighted by atomic mass is 10.0. The predicted octanol–water partition coefficient (Wildman–Crippen LogP) is 4.07. The Labute approximate surface area is 127 Å². The summed E-state index contributed by atoms with van der Waals surface area (Å²) in [5.74, 6) is 0. The summed E-state index contributed by atoms with van der Waals surface area (Å²) in [4.78, 5) is 2.56. The molecule has 2 heteroatoms. The van der Waals surface area contributed by atoms with Gasteiger partial charge in [0.15, 0.2) is 0 Å². The summed E-state index contributed by atoms with van der Waals surface area (Å²) in [6.07, 6.45) is 2.54. The van der Waals surface area contributed by atoms with Crippen molar-refractivity contribution in [2.75, 3.05) is 18.4 Å². The maximum absolute atomic E-state index is 3.68. The van der Waals surface area contributed by atoms with Crippen molar-refractivity contribution in [3.8, 4) is 0 Å². The van der Waals surface area contributed by atoms with E-state index < -0.39 is 0 Å². The zero-order valence-corrected chi connectivity index (χ0v) is 12.8. The summed E-state index contributed by atoms with van der Waals surface area (Å²) < 4.78 is 0. The Balaban J connectivity index is 1.57. The van der Waals surface area contributed by atoms with Gasteiger partial charge in [0.2, 0.25) is 0 Å². The van der Waals surface area contributed by atoms with Gasteiger partial charge in [0.25, 0.3) is 0 Å². The van der Waals surface area contributed by atoms with Crippen LogP contribution in [0.5, 0.6) is 0 Å². The van der Waals surface area contributed by atoms with Gasteiger partial charge < -0.3 is 5.32 Å². The molecule has 1 N–H and O–H groups in total. The van der Waals surface area contributed by atoms with Crippen molar-refractivity contribution < 1.29 is 0 Å². The molecule has 0 bridgehead atoms. The molecule has 1 heterocycles. The van der Waals surface area contributed by atoms with E-state index in [9.17, 15) is 0 Å². The molecule has 0 spiro atoms. The van der Waals surface area contributed by atoms with Gasteiger partial charge in [0, 0.05) is 24.8 Å². The van der Waals surface area contributed by atoms with Crippen molar-refractivity contribution in [1.82, 2.24) is 4.90 Å². The van der Waals surface area contributed by atoms with Crippen molar-refractivity contribution in [3.05, 3.63) is 65.7 Å². The standard InChI is InChI=1S/C19H24N2/c1-16-9-11-18(12-10-16)20-19-8-5-13-21(15-19)14-17-6-3-2-4-7-17/h2-4,6-7,9-12,19-20H,5,8,13-15H2,1H3. The van der Waals surface area contributed by atoms with E-state index in [0.717, 1.165) is 13.1 Å². The number of anilines is 1. The molecule has 0 aromatic heterocycles. The molecule has 2 aromatic rings. The Morgan fingerprint density at radius 1 is 1.05 bits per heavy atom. The first-order valence-electron chi connectivity index (χ1n) is 7.89. The normalized spacial score (nSPS) is 19.4. The fourth-order valence-corrected chi connectivity index (χ4v) is 3.04. The molecule has 2 nitrogen and oxygen atoms in total. The Morgan fingerprint density at radius 2 is 1.81 bits per heavy atom. The maximum atomic E-state index is 3.68. The van der Waals surface area contributed by atoms with Crippen LogP contribution in [0.15, 0.2) is 54.6 Å². The summed E-state index contributed by atoms with van der Waals surface area (Å²) in [6.45, 7) is 5.53. The first-order chi connectivity index (χ1) is 10.3. The van der Waals surface area contributed by atoms with Crippen LogP contribution in [-0.4, -0.2) is 24.0 Å². The molecular weight excluding hydrogens is 256 g/mol. The van der Waals surface area contributed by atoms with Crippen LogP contribution in [0.1, 0.15) is 24.0 Å². The van der Waals surface area contributed by atoms with E-state index in [1.807, 2.05) is 0 Å². The molecule has 21 heavy (non-hydrogen) atoms. The predicted molar refractivity (Wildman–Crippen MR) is 89.5 cm³/mol. The number of nitrogens with zero attached hydrogens (tertiary/aromatic N) is 1. The quantitative estimate of drug-likeness (QED) is 0.908. The molecule has 1 saturated heterocycles. The topological polar surface area (TPSA) is 15.3 Å². The van der Waals surface area contributed by atoms with Gasteiger partial charge in [-0.3, -0.25) is 4.90 Å². The molecule has 3 rings (SSSR count). The SMILES string of the molecule is Cc1ccc(NC2CCCN(Cc3ccccc3)C2)cc1. The Bertz CT molecular complexity index is 548. The number of aryl methyl sites for hydroxylation is 1. The summed E-state index contributed by atoms with van der Waals surface area (Å²) >= 11 is 0. The Hall–Kier alpha value is -1.80. The lowest BCUT2D eigenvalue weighted by Crippen LogP contribution is -2.41. The van der Waals surface area contributed by atoms with E-state index in [2.05, 4.69) is 71.7 Å². The number of hydrogen-bond acceptors (Lipinski definition) is 2. The van der Waals surface area contributed by atoms with Crippen LogP contribution in [0, 0.1) is 6.92 Å². The van der Waals surface area contributed by atoms with E-state index in [4.69, 9.17) is 0 Å². The molecule has 1 atom stereocenters. The van der Waals surface area contributed by atoms with Gasteiger partial charge in [-0.05, 0) is 44.0 Å². The van der Waals surface area contributed by atoms with Crippen molar-refractivity contribution in [3.63, 3.8) is 0 Å². The fraction of sp³-hybridized carbons (Fsp3) is 0.368. The second-order valence-electron chi connectivity index (χ2n) is 6.07. The third kappa shape index (κ3) is 4.08. The molecular formula is C19H24N2. The fourth-order valence-electron chi connectivity index (χ4n) is 3.04. The number of piperidine rings is 1. The Kier molecular flexibility index (Phi) is 4.56. The highest BCUT2D eigenvalue weighted by atomic mass is 15.2. The van der Waals surface area contributed by atoms with Crippen LogP contribution in [0.25, 0.3) is 0 Å².